The van der Waals surface area contributed by atoms with Gasteiger partial charge in [-0.3, -0.25) is 0 Å². The van der Waals surface area contributed by atoms with Crippen LogP contribution in [0.1, 0.15) is 0 Å². The molecule has 0 aliphatic rings. The van der Waals surface area contributed by atoms with Gasteiger partial charge in [0.25, 0.3) is 0 Å². The highest BCUT2D eigenvalue weighted by atomic mass is 32.1. The van der Waals surface area contributed by atoms with Crippen molar-refractivity contribution in [2.75, 3.05) is 4.90 Å². The maximum absolute atomic E-state index is 2.47. The Morgan fingerprint density at radius 3 is 1.73 bits per heavy atom. The number of rotatable bonds is 6. The molecule has 2 heteroatoms. The van der Waals surface area contributed by atoms with Crippen LogP contribution in [-0.4, -0.2) is 0 Å². The SMILES string of the molecule is c1cc(-c2ccccc2N(c2ccc(-c3cccc4sc5ccccc5c34)cc2)c2cc3ccccc3c3ccccc23)cc(-c2cccc3ccccc23)c1. The first-order chi connectivity index (χ1) is 27.8. The van der Waals surface area contributed by atoms with Crippen LogP contribution in [0, 0.1) is 0 Å². The molecule has 0 bridgehead atoms. The van der Waals surface area contributed by atoms with E-state index < -0.39 is 0 Å². The summed E-state index contributed by atoms with van der Waals surface area (Å²) in [4.78, 5) is 2.47. The molecule has 11 aromatic rings. The van der Waals surface area contributed by atoms with Gasteiger partial charge in [0.05, 0.1) is 11.4 Å². The van der Waals surface area contributed by atoms with Crippen molar-refractivity contribution in [1.29, 1.82) is 0 Å². The molecule has 0 amide bonds. The molecule has 1 heterocycles. The summed E-state index contributed by atoms with van der Waals surface area (Å²) in [5, 5.41) is 10.1. The minimum atomic E-state index is 1.11. The van der Waals surface area contributed by atoms with Gasteiger partial charge in [-0.2, -0.15) is 0 Å². The molecule has 0 atom stereocenters. The second kappa shape index (κ2) is 13.4. The molecule has 0 N–H and O–H groups in total. The number of hydrogen-bond donors (Lipinski definition) is 0. The van der Waals surface area contributed by atoms with Crippen molar-refractivity contribution in [2.45, 2.75) is 0 Å². The van der Waals surface area contributed by atoms with Gasteiger partial charge in [-0.05, 0) is 97.2 Å². The summed E-state index contributed by atoms with van der Waals surface area (Å²) in [6.07, 6.45) is 0. The van der Waals surface area contributed by atoms with Gasteiger partial charge in [-0.25, -0.2) is 0 Å². The standard InChI is InChI=1S/C54H35NS/c1-3-19-42-36(14-1)16-12-25-43(42)38-17-11-18-39(34-38)45-21-7-9-27-50(45)55(51-35-40-15-2-4-20-44(40)47-22-5-6-23-48(47)51)41-32-30-37(31-33-41)46-26-13-29-53-54(46)49-24-8-10-28-52(49)56-53/h1-35H. The molecule has 0 spiro atoms. The Bertz CT molecular complexity index is 3260. The fourth-order valence-corrected chi connectivity index (χ4v) is 9.81. The van der Waals surface area contributed by atoms with E-state index in [1.165, 1.54) is 85.9 Å². The summed E-state index contributed by atoms with van der Waals surface area (Å²) in [5.41, 5.74) is 10.6. The van der Waals surface area contributed by atoms with Gasteiger partial charge in [0.15, 0.2) is 0 Å². The van der Waals surface area contributed by atoms with Gasteiger partial charge in [-0.15, -0.1) is 11.3 Å². The predicted octanol–water partition coefficient (Wildman–Crippen LogP) is 16.0. The summed E-state index contributed by atoms with van der Waals surface area (Å²) in [6.45, 7) is 0. The number of hydrogen-bond acceptors (Lipinski definition) is 2. The Balaban J connectivity index is 1.12. The maximum atomic E-state index is 2.47. The quantitative estimate of drug-likeness (QED) is 0.154. The monoisotopic (exact) mass is 729 g/mol. The van der Waals surface area contributed by atoms with Crippen molar-refractivity contribution in [3.8, 4) is 33.4 Å². The highest BCUT2D eigenvalue weighted by Gasteiger charge is 2.21. The number of nitrogens with zero attached hydrogens (tertiary/aromatic N) is 1. The molecule has 56 heavy (non-hydrogen) atoms. The third-order valence-corrected chi connectivity index (χ3v) is 12.4. The van der Waals surface area contributed by atoms with E-state index in [2.05, 4.69) is 217 Å². The minimum absolute atomic E-state index is 1.11. The number of anilines is 3. The number of thiophene rings is 1. The molecule has 0 saturated carbocycles. The number of benzene rings is 10. The fraction of sp³-hybridized carbons (Fsp3) is 0. The van der Waals surface area contributed by atoms with E-state index in [1.807, 2.05) is 11.3 Å². The number of para-hydroxylation sites is 1. The van der Waals surface area contributed by atoms with Gasteiger partial charge >= 0.3 is 0 Å². The summed E-state index contributed by atoms with van der Waals surface area (Å²) >= 11 is 1.87. The first-order valence-electron chi connectivity index (χ1n) is 19.2. The molecule has 262 valence electrons. The van der Waals surface area contributed by atoms with E-state index in [9.17, 15) is 0 Å². The first kappa shape index (κ1) is 32.4. The summed E-state index contributed by atoms with van der Waals surface area (Å²) in [7, 11) is 0. The summed E-state index contributed by atoms with van der Waals surface area (Å²) in [6, 6.07) is 77.8. The van der Waals surface area contributed by atoms with E-state index in [0.29, 0.717) is 0 Å². The first-order valence-corrected chi connectivity index (χ1v) is 20.0. The van der Waals surface area contributed by atoms with Crippen LogP contribution in [0.5, 0.6) is 0 Å². The van der Waals surface area contributed by atoms with E-state index in [-0.39, 0.29) is 0 Å². The highest BCUT2D eigenvalue weighted by Crippen LogP contribution is 2.47. The van der Waals surface area contributed by atoms with Crippen LogP contribution in [0.15, 0.2) is 212 Å². The van der Waals surface area contributed by atoms with Crippen molar-refractivity contribution in [3.63, 3.8) is 0 Å². The van der Waals surface area contributed by atoms with Crippen LogP contribution in [0.3, 0.4) is 0 Å². The molecule has 0 unspecified atom stereocenters. The molecule has 0 saturated heterocycles. The number of fused-ring (bicyclic) bond motifs is 7. The van der Waals surface area contributed by atoms with Crippen LogP contribution in [0.2, 0.25) is 0 Å². The van der Waals surface area contributed by atoms with Gasteiger partial charge in [0, 0.05) is 36.8 Å². The van der Waals surface area contributed by atoms with Crippen molar-refractivity contribution in [2.24, 2.45) is 0 Å². The van der Waals surface area contributed by atoms with E-state index >= 15 is 0 Å². The van der Waals surface area contributed by atoms with Crippen LogP contribution >= 0.6 is 11.3 Å². The third-order valence-electron chi connectivity index (χ3n) is 11.2. The van der Waals surface area contributed by atoms with E-state index in [1.54, 1.807) is 0 Å². The average Bonchev–Trinajstić information content (AvgIpc) is 3.66. The molecule has 0 aliphatic carbocycles. The predicted molar refractivity (Wildman–Crippen MR) is 243 cm³/mol. The van der Waals surface area contributed by atoms with Crippen molar-refractivity contribution in [1.82, 2.24) is 0 Å². The van der Waals surface area contributed by atoms with Crippen molar-refractivity contribution < 1.29 is 0 Å². The lowest BCUT2D eigenvalue weighted by molar-refractivity contribution is 1.30. The van der Waals surface area contributed by atoms with Crippen LogP contribution in [0.4, 0.5) is 17.1 Å². The molecule has 0 radical (unpaired) electrons. The Kier molecular flexibility index (Phi) is 7.75. The van der Waals surface area contributed by atoms with Gasteiger partial charge in [-0.1, -0.05) is 170 Å². The fourth-order valence-electron chi connectivity index (χ4n) is 8.68. The molecule has 10 aromatic carbocycles. The largest absolute Gasteiger partial charge is 0.309 e. The third kappa shape index (κ3) is 5.38. The molecule has 1 nitrogen and oxygen atoms in total. The Morgan fingerprint density at radius 1 is 0.304 bits per heavy atom. The molecule has 0 aliphatic heterocycles. The van der Waals surface area contributed by atoms with Crippen LogP contribution < -0.4 is 4.90 Å². The zero-order chi connectivity index (χ0) is 37.0. The Morgan fingerprint density at radius 2 is 0.875 bits per heavy atom. The normalized spacial score (nSPS) is 11.6. The van der Waals surface area contributed by atoms with Gasteiger partial charge in [0.2, 0.25) is 0 Å². The van der Waals surface area contributed by atoms with Crippen molar-refractivity contribution in [3.05, 3.63) is 212 Å². The molecule has 1 aromatic heterocycles. The zero-order valence-corrected chi connectivity index (χ0v) is 31.4. The second-order valence-corrected chi connectivity index (χ2v) is 15.5. The lowest BCUT2D eigenvalue weighted by Gasteiger charge is -2.30. The lowest BCUT2D eigenvalue weighted by atomic mass is 9.94. The Hall–Kier alpha value is -7.00. The Labute approximate surface area is 330 Å². The second-order valence-electron chi connectivity index (χ2n) is 14.4. The maximum Gasteiger partial charge on any atom is 0.0546 e. The summed E-state index contributed by atoms with van der Waals surface area (Å²) in [5.74, 6) is 0. The van der Waals surface area contributed by atoms with Gasteiger partial charge < -0.3 is 4.90 Å². The lowest BCUT2D eigenvalue weighted by Crippen LogP contribution is -2.12. The zero-order valence-electron chi connectivity index (χ0n) is 30.6. The minimum Gasteiger partial charge on any atom is -0.309 e. The summed E-state index contributed by atoms with van der Waals surface area (Å²) < 4.78 is 2.64. The van der Waals surface area contributed by atoms with E-state index in [4.69, 9.17) is 0 Å². The molecule has 0 fully saturated rings. The van der Waals surface area contributed by atoms with E-state index in [0.717, 1.165) is 17.1 Å². The molecular formula is C54H35NS. The van der Waals surface area contributed by atoms with Crippen LogP contribution in [0.25, 0.3) is 85.9 Å². The van der Waals surface area contributed by atoms with Crippen LogP contribution in [-0.2, 0) is 0 Å². The topological polar surface area (TPSA) is 3.24 Å². The highest BCUT2D eigenvalue weighted by molar-refractivity contribution is 7.25. The van der Waals surface area contributed by atoms with Crippen molar-refractivity contribution >= 4 is 80.9 Å². The molecule has 11 rings (SSSR count). The average molecular weight is 730 g/mol. The molecular weight excluding hydrogens is 695 g/mol. The van der Waals surface area contributed by atoms with Gasteiger partial charge in [0.1, 0.15) is 0 Å². The smallest absolute Gasteiger partial charge is 0.0546 e.